The zero-order valence-corrected chi connectivity index (χ0v) is 14.7. The van der Waals surface area contributed by atoms with E-state index < -0.39 is 16.0 Å². The molecule has 0 aliphatic carbocycles. The number of piperidine rings is 1. The maximum absolute atomic E-state index is 12.2. The number of rotatable bonds is 6. The molecule has 1 aliphatic heterocycles. The minimum absolute atomic E-state index is 0. The van der Waals surface area contributed by atoms with Crippen molar-refractivity contribution in [2.24, 2.45) is 5.92 Å². The van der Waals surface area contributed by atoms with Crippen LogP contribution in [0, 0.1) is 5.92 Å². The average molecular weight is 363 g/mol. The average Bonchev–Trinajstić information content (AvgIpc) is 2.49. The van der Waals surface area contributed by atoms with Crippen molar-refractivity contribution in [3.8, 4) is 0 Å². The second kappa shape index (κ2) is 8.63. The molecule has 6 nitrogen and oxygen atoms in total. The van der Waals surface area contributed by atoms with Crippen LogP contribution in [0.4, 0.5) is 0 Å². The van der Waals surface area contributed by atoms with E-state index in [1.54, 1.807) is 0 Å². The SMILES string of the molecule is CC1CCN(CCNS(=O)(=O)c2cccc(C(=O)O)c2)CC1.Cl. The van der Waals surface area contributed by atoms with Gasteiger partial charge < -0.3 is 10.0 Å². The van der Waals surface area contributed by atoms with Crippen molar-refractivity contribution >= 4 is 28.4 Å². The van der Waals surface area contributed by atoms with E-state index in [1.165, 1.54) is 24.3 Å². The number of likely N-dealkylation sites (tertiary alicyclic amines) is 1. The van der Waals surface area contributed by atoms with E-state index in [2.05, 4.69) is 16.5 Å². The Labute approximate surface area is 143 Å². The Morgan fingerprint density at radius 1 is 1.35 bits per heavy atom. The number of carboxylic acids is 1. The highest BCUT2D eigenvalue weighted by Crippen LogP contribution is 2.15. The summed E-state index contributed by atoms with van der Waals surface area (Å²) in [6, 6.07) is 5.38. The molecule has 0 radical (unpaired) electrons. The Balaban J connectivity index is 0.00000264. The monoisotopic (exact) mass is 362 g/mol. The number of aromatic carboxylic acids is 1. The number of sulfonamides is 1. The van der Waals surface area contributed by atoms with Crippen LogP contribution in [0.2, 0.25) is 0 Å². The van der Waals surface area contributed by atoms with Gasteiger partial charge in [-0.3, -0.25) is 0 Å². The van der Waals surface area contributed by atoms with Crippen molar-refractivity contribution in [1.29, 1.82) is 0 Å². The number of nitrogens with zero attached hydrogens (tertiary/aromatic N) is 1. The molecule has 2 N–H and O–H groups in total. The lowest BCUT2D eigenvalue weighted by Gasteiger charge is -2.30. The van der Waals surface area contributed by atoms with E-state index in [-0.39, 0.29) is 22.9 Å². The highest BCUT2D eigenvalue weighted by Gasteiger charge is 2.18. The van der Waals surface area contributed by atoms with Crippen LogP contribution in [0.1, 0.15) is 30.1 Å². The van der Waals surface area contributed by atoms with E-state index in [1.807, 2.05) is 0 Å². The molecule has 1 saturated heterocycles. The normalized spacial score (nSPS) is 16.7. The van der Waals surface area contributed by atoms with Gasteiger partial charge in [0.2, 0.25) is 10.0 Å². The fourth-order valence-corrected chi connectivity index (χ4v) is 3.57. The second-order valence-electron chi connectivity index (χ2n) is 5.75. The largest absolute Gasteiger partial charge is 0.478 e. The predicted octanol–water partition coefficient (Wildman–Crippen LogP) is 1.82. The van der Waals surface area contributed by atoms with E-state index in [4.69, 9.17) is 5.11 Å². The van der Waals surface area contributed by atoms with Gasteiger partial charge in [0.1, 0.15) is 0 Å². The highest BCUT2D eigenvalue weighted by molar-refractivity contribution is 7.89. The summed E-state index contributed by atoms with van der Waals surface area (Å²) >= 11 is 0. The number of halogens is 1. The van der Waals surface area contributed by atoms with E-state index >= 15 is 0 Å². The predicted molar refractivity (Wildman–Crippen MR) is 90.7 cm³/mol. The van der Waals surface area contributed by atoms with Crippen LogP contribution in [0.15, 0.2) is 29.2 Å². The molecule has 1 aliphatic rings. The Morgan fingerprint density at radius 3 is 2.61 bits per heavy atom. The summed E-state index contributed by atoms with van der Waals surface area (Å²) in [5.74, 6) is -0.397. The molecule has 0 atom stereocenters. The van der Waals surface area contributed by atoms with Crippen LogP contribution in [0.5, 0.6) is 0 Å². The van der Waals surface area contributed by atoms with Crippen LogP contribution >= 0.6 is 12.4 Å². The summed E-state index contributed by atoms with van der Waals surface area (Å²) in [5, 5.41) is 8.92. The van der Waals surface area contributed by atoms with Gasteiger partial charge in [-0.05, 0) is 50.0 Å². The Bertz CT molecular complexity index is 628. The van der Waals surface area contributed by atoms with E-state index in [9.17, 15) is 13.2 Å². The van der Waals surface area contributed by atoms with E-state index in [0.717, 1.165) is 31.8 Å². The lowest BCUT2D eigenvalue weighted by molar-refractivity contribution is 0.0696. The van der Waals surface area contributed by atoms with E-state index in [0.29, 0.717) is 13.1 Å². The summed E-state index contributed by atoms with van der Waals surface area (Å²) in [6.45, 7) is 5.23. The molecule has 2 rings (SSSR count). The van der Waals surface area contributed by atoms with Crippen LogP contribution in [-0.4, -0.2) is 50.6 Å². The van der Waals surface area contributed by atoms with Gasteiger partial charge in [-0.15, -0.1) is 12.4 Å². The van der Waals surface area contributed by atoms with Crippen molar-refractivity contribution < 1.29 is 18.3 Å². The molecule has 1 aromatic carbocycles. The third-order valence-corrected chi connectivity index (χ3v) is 5.45. The standard InChI is InChI=1S/C15H22N2O4S.ClH/c1-12-5-8-17(9-6-12)10-7-16-22(20,21)14-4-2-3-13(11-14)15(18)19;/h2-4,11-12,16H,5-10H2,1H3,(H,18,19);1H. The van der Waals surface area contributed by atoms with Crippen LogP contribution in [0.25, 0.3) is 0 Å². The molecule has 0 amide bonds. The van der Waals surface area contributed by atoms with Gasteiger partial charge in [-0.2, -0.15) is 0 Å². The number of benzene rings is 1. The molecular weight excluding hydrogens is 340 g/mol. The Morgan fingerprint density at radius 2 is 2.00 bits per heavy atom. The molecule has 23 heavy (non-hydrogen) atoms. The fourth-order valence-electron chi connectivity index (χ4n) is 2.50. The zero-order chi connectivity index (χ0) is 16.2. The van der Waals surface area contributed by atoms with Crippen molar-refractivity contribution in [2.75, 3.05) is 26.2 Å². The van der Waals surface area contributed by atoms with Gasteiger partial charge in [0.15, 0.2) is 0 Å². The fraction of sp³-hybridized carbons (Fsp3) is 0.533. The molecule has 0 saturated carbocycles. The summed E-state index contributed by atoms with van der Waals surface area (Å²) in [4.78, 5) is 13.1. The highest BCUT2D eigenvalue weighted by atomic mass is 35.5. The van der Waals surface area contributed by atoms with Crippen molar-refractivity contribution in [3.63, 3.8) is 0 Å². The summed E-state index contributed by atoms with van der Waals surface area (Å²) in [5.41, 5.74) is -0.0344. The van der Waals surface area contributed by atoms with Gasteiger partial charge in [0, 0.05) is 13.1 Å². The molecular formula is C15H23ClN2O4S. The first-order chi connectivity index (χ1) is 10.4. The molecule has 1 fully saturated rings. The molecule has 0 bridgehead atoms. The Kier molecular flexibility index (Phi) is 7.47. The molecule has 0 spiro atoms. The molecule has 0 aromatic heterocycles. The number of hydrogen-bond donors (Lipinski definition) is 2. The first-order valence-electron chi connectivity index (χ1n) is 7.44. The van der Waals surface area contributed by atoms with Crippen molar-refractivity contribution in [2.45, 2.75) is 24.7 Å². The minimum atomic E-state index is -3.67. The van der Waals surface area contributed by atoms with Gasteiger partial charge >= 0.3 is 5.97 Å². The lowest BCUT2D eigenvalue weighted by atomic mass is 9.99. The van der Waals surface area contributed by atoms with Crippen molar-refractivity contribution in [1.82, 2.24) is 9.62 Å². The summed E-state index contributed by atoms with van der Waals surface area (Å²) in [6.07, 6.45) is 2.29. The zero-order valence-electron chi connectivity index (χ0n) is 13.1. The molecule has 1 aromatic rings. The second-order valence-corrected chi connectivity index (χ2v) is 7.52. The topological polar surface area (TPSA) is 86.7 Å². The summed E-state index contributed by atoms with van der Waals surface area (Å²) < 4.78 is 26.9. The molecule has 0 unspecified atom stereocenters. The molecule has 1 heterocycles. The van der Waals surface area contributed by atoms with Gasteiger partial charge in [-0.1, -0.05) is 13.0 Å². The number of hydrogen-bond acceptors (Lipinski definition) is 4. The minimum Gasteiger partial charge on any atom is -0.478 e. The lowest BCUT2D eigenvalue weighted by Crippen LogP contribution is -2.39. The maximum atomic E-state index is 12.2. The van der Waals surface area contributed by atoms with Crippen molar-refractivity contribution in [3.05, 3.63) is 29.8 Å². The first-order valence-corrected chi connectivity index (χ1v) is 8.92. The Hall–Kier alpha value is -1.15. The van der Waals surface area contributed by atoms with Crippen LogP contribution < -0.4 is 4.72 Å². The maximum Gasteiger partial charge on any atom is 0.335 e. The number of nitrogens with one attached hydrogen (secondary N) is 1. The first kappa shape index (κ1) is 19.9. The molecule has 8 heteroatoms. The third-order valence-electron chi connectivity index (χ3n) is 3.99. The van der Waals surface area contributed by atoms with Crippen LogP contribution in [0.3, 0.4) is 0 Å². The quantitative estimate of drug-likeness (QED) is 0.806. The van der Waals surface area contributed by atoms with Gasteiger partial charge in [0.25, 0.3) is 0 Å². The smallest absolute Gasteiger partial charge is 0.335 e. The van der Waals surface area contributed by atoms with Crippen LogP contribution in [-0.2, 0) is 10.0 Å². The molecule has 130 valence electrons. The van der Waals surface area contributed by atoms with Gasteiger partial charge in [-0.25, -0.2) is 17.9 Å². The number of carbonyl (C=O) groups is 1. The summed E-state index contributed by atoms with van der Waals surface area (Å²) in [7, 11) is -3.67. The van der Waals surface area contributed by atoms with Gasteiger partial charge in [0.05, 0.1) is 10.5 Å². The number of carboxylic acid groups (broad SMARTS) is 1. The third kappa shape index (κ3) is 5.76.